The molecule has 8 aliphatic rings. The van der Waals surface area contributed by atoms with E-state index in [4.69, 9.17) is 5.26 Å². The fourth-order valence-electron chi connectivity index (χ4n) is 13.3. The first-order valence-corrected chi connectivity index (χ1v) is 18.6. The molecule has 0 aromatic heterocycles. The Morgan fingerprint density at radius 1 is 0.826 bits per heavy atom. The largest absolute Gasteiger partial charge is 0.388 e. The number of aliphatic hydroxyl groups is 1. The molecule has 0 saturated heterocycles. The highest BCUT2D eigenvalue weighted by Crippen LogP contribution is 2.67. The minimum atomic E-state index is -0.804. The van der Waals surface area contributed by atoms with Gasteiger partial charge in [-0.1, -0.05) is 31.9 Å². The van der Waals surface area contributed by atoms with Crippen LogP contribution in [0.15, 0.2) is 34.4 Å². The third-order valence-electron chi connectivity index (χ3n) is 15.9. The first kappa shape index (κ1) is 32.2. The number of fused-ring (bicyclic) bond motifs is 9. The number of hydrogen-bond acceptors (Lipinski definition) is 5. The van der Waals surface area contributed by atoms with E-state index >= 15 is 0 Å². The van der Waals surface area contributed by atoms with Gasteiger partial charge in [-0.2, -0.15) is 5.26 Å². The molecule has 5 saturated carbocycles. The summed E-state index contributed by atoms with van der Waals surface area (Å²) in [6.07, 6.45) is 20.6. The molecule has 10 atom stereocenters. The number of hydrogen-bond donors (Lipinski definition) is 1. The molecular formula is C41H55NO4. The normalized spacial score (nSPS) is 45.7. The van der Waals surface area contributed by atoms with Crippen molar-refractivity contribution in [3.8, 4) is 6.07 Å². The molecule has 0 radical (unpaired) electrons. The molecule has 5 fully saturated rings. The topological polar surface area (TPSA) is 95.2 Å². The van der Waals surface area contributed by atoms with Crippen LogP contribution in [0.1, 0.15) is 137 Å². The number of ketones is 3. The van der Waals surface area contributed by atoms with E-state index in [9.17, 15) is 19.5 Å². The fraction of sp³-hybridized carbons (Fsp3) is 0.756. The summed E-state index contributed by atoms with van der Waals surface area (Å²) in [4.78, 5) is 35.7. The minimum Gasteiger partial charge on any atom is -0.388 e. The molecule has 1 N–H and O–H groups in total. The molecule has 8 aliphatic carbocycles. The summed E-state index contributed by atoms with van der Waals surface area (Å²) in [5, 5.41) is 20.3. The summed E-state index contributed by atoms with van der Waals surface area (Å²) in [5.74, 6) is 4.63. The van der Waals surface area contributed by atoms with Gasteiger partial charge in [0.25, 0.3) is 0 Å². The van der Waals surface area contributed by atoms with Crippen molar-refractivity contribution in [2.75, 3.05) is 0 Å². The standard InChI is InChI=1S/C21H30O2.C20H25NO2/c1-13(22)17-6-7-18-16-5-4-14-12-15(23)8-10-20(14,2)19(16)9-11-21(17,18)3;1-19-8-6-16-15-5-3-14(22)12-13(15)2-4-17(16)18(19)7-9-20(19,23)10-11-21/h12,16-19H,4-11H2,1-3H3;12,17-18,23H,2-10H2,1H3/t16-,17+,18-,19-,20-,21+;17-,18+,19+,20-/m01/s1. The van der Waals surface area contributed by atoms with Crippen LogP contribution in [0.4, 0.5) is 0 Å². The van der Waals surface area contributed by atoms with Gasteiger partial charge in [0, 0.05) is 24.2 Å². The molecule has 0 spiro atoms. The van der Waals surface area contributed by atoms with Gasteiger partial charge in [-0.05, 0) is 161 Å². The van der Waals surface area contributed by atoms with E-state index in [2.05, 4.69) is 26.8 Å². The van der Waals surface area contributed by atoms with E-state index in [1.807, 2.05) is 12.2 Å². The van der Waals surface area contributed by atoms with Gasteiger partial charge in [-0.3, -0.25) is 14.4 Å². The van der Waals surface area contributed by atoms with Crippen molar-refractivity contribution in [1.29, 1.82) is 5.26 Å². The molecule has 0 amide bonds. The van der Waals surface area contributed by atoms with Crippen LogP contribution in [0.2, 0.25) is 0 Å². The van der Waals surface area contributed by atoms with E-state index in [1.165, 1.54) is 42.4 Å². The molecule has 0 aromatic carbocycles. The number of nitriles is 1. The van der Waals surface area contributed by atoms with Gasteiger partial charge < -0.3 is 5.11 Å². The Morgan fingerprint density at radius 2 is 1.59 bits per heavy atom. The van der Waals surface area contributed by atoms with Crippen molar-refractivity contribution in [2.24, 2.45) is 51.8 Å². The highest BCUT2D eigenvalue weighted by molar-refractivity contribution is 5.93. The summed E-state index contributed by atoms with van der Waals surface area (Å²) in [5.41, 5.74) is 5.37. The summed E-state index contributed by atoms with van der Waals surface area (Å²) < 4.78 is 0. The maximum atomic E-state index is 12.1. The van der Waals surface area contributed by atoms with Gasteiger partial charge >= 0.3 is 0 Å². The van der Waals surface area contributed by atoms with Crippen LogP contribution in [-0.4, -0.2) is 28.1 Å². The van der Waals surface area contributed by atoms with Gasteiger partial charge in [0.15, 0.2) is 11.6 Å². The molecule has 248 valence electrons. The van der Waals surface area contributed by atoms with Gasteiger partial charge in [-0.25, -0.2) is 0 Å². The van der Waals surface area contributed by atoms with Gasteiger partial charge in [0.1, 0.15) is 5.78 Å². The molecule has 0 aliphatic heterocycles. The zero-order valence-electron chi connectivity index (χ0n) is 28.8. The summed E-state index contributed by atoms with van der Waals surface area (Å²) in [6, 6.07) is 2.22. The highest BCUT2D eigenvalue weighted by Gasteiger charge is 2.61. The predicted octanol–water partition coefficient (Wildman–Crippen LogP) is 8.56. The molecular weight excluding hydrogens is 570 g/mol. The Morgan fingerprint density at radius 3 is 2.35 bits per heavy atom. The second-order valence-corrected chi connectivity index (χ2v) is 17.5. The van der Waals surface area contributed by atoms with Crippen molar-refractivity contribution in [1.82, 2.24) is 0 Å². The maximum absolute atomic E-state index is 12.1. The van der Waals surface area contributed by atoms with Crippen LogP contribution < -0.4 is 0 Å². The van der Waals surface area contributed by atoms with Gasteiger partial charge in [0.2, 0.25) is 0 Å². The Bertz CT molecular complexity index is 1480. The average molecular weight is 626 g/mol. The maximum Gasteiger partial charge on any atom is 0.156 e. The first-order valence-electron chi connectivity index (χ1n) is 18.6. The Hall–Kier alpha value is -2.32. The van der Waals surface area contributed by atoms with Crippen molar-refractivity contribution in [3.05, 3.63) is 34.4 Å². The molecule has 5 heteroatoms. The number of rotatable bonds is 2. The van der Waals surface area contributed by atoms with Crippen LogP contribution in [0, 0.1) is 63.1 Å². The monoisotopic (exact) mass is 625 g/mol. The molecule has 5 nitrogen and oxygen atoms in total. The highest BCUT2D eigenvalue weighted by atomic mass is 16.3. The van der Waals surface area contributed by atoms with Crippen LogP contribution in [0.3, 0.4) is 0 Å². The average Bonchev–Trinajstić information content (AvgIpc) is 3.51. The number of allylic oxidation sites excluding steroid dienone is 5. The smallest absolute Gasteiger partial charge is 0.156 e. The summed E-state index contributed by atoms with van der Waals surface area (Å²) >= 11 is 0. The van der Waals surface area contributed by atoms with Gasteiger partial charge in [0.05, 0.1) is 18.1 Å². The van der Waals surface area contributed by atoms with Crippen molar-refractivity contribution >= 4 is 17.3 Å². The Balaban J connectivity index is 0.000000147. The molecule has 46 heavy (non-hydrogen) atoms. The SMILES string of the molecule is CC(=O)[C@H]1CC[C@H]2[C@@H]3CCC4=CC(=O)CC[C@]4(C)[C@H]3CC[C@]12C.C[C@]12CCC3=C4CCC(=O)C=C4CC[C@H]3[C@@H]1CC[C@@]2(O)CC#N. The quantitative estimate of drug-likeness (QED) is 0.332. The lowest BCUT2D eigenvalue weighted by atomic mass is 9.47. The van der Waals surface area contributed by atoms with E-state index in [0.29, 0.717) is 35.7 Å². The van der Waals surface area contributed by atoms with Crippen LogP contribution in [-0.2, 0) is 14.4 Å². The second-order valence-electron chi connectivity index (χ2n) is 17.5. The van der Waals surface area contributed by atoms with Crippen LogP contribution in [0.5, 0.6) is 0 Å². The molecule has 8 rings (SSSR count). The predicted molar refractivity (Wildman–Crippen MR) is 178 cm³/mol. The third-order valence-corrected chi connectivity index (χ3v) is 15.9. The molecule has 0 aromatic rings. The summed E-state index contributed by atoms with van der Waals surface area (Å²) in [7, 11) is 0. The molecule has 0 bridgehead atoms. The zero-order chi connectivity index (χ0) is 32.6. The summed E-state index contributed by atoms with van der Waals surface area (Å²) in [6.45, 7) is 8.87. The fourth-order valence-corrected chi connectivity index (χ4v) is 13.3. The van der Waals surface area contributed by atoms with Crippen LogP contribution >= 0.6 is 0 Å². The number of nitrogens with zero attached hydrogens (tertiary/aromatic N) is 1. The zero-order valence-corrected chi connectivity index (χ0v) is 28.8. The number of Topliss-reactive ketones (excluding diaryl/α,β-unsaturated/α-hetero) is 1. The van der Waals surface area contributed by atoms with Gasteiger partial charge in [-0.15, -0.1) is 0 Å². The van der Waals surface area contributed by atoms with E-state index in [-0.39, 0.29) is 28.4 Å². The van der Waals surface area contributed by atoms with E-state index in [0.717, 1.165) is 88.4 Å². The minimum absolute atomic E-state index is 0.122. The van der Waals surface area contributed by atoms with E-state index < -0.39 is 5.60 Å². The van der Waals surface area contributed by atoms with Crippen LogP contribution in [0.25, 0.3) is 0 Å². The van der Waals surface area contributed by atoms with E-state index in [1.54, 1.807) is 12.5 Å². The lowest BCUT2D eigenvalue weighted by Crippen LogP contribution is -2.51. The molecule has 0 unspecified atom stereocenters. The number of carbonyl (C=O) groups excluding carboxylic acids is 3. The number of carbonyl (C=O) groups is 3. The van der Waals surface area contributed by atoms with Crippen molar-refractivity contribution in [2.45, 2.75) is 142 Å². The molecule has 0 heterocycles. The third kappa shape index (κ3) is 4.74. The second kappa shape index (κ2) is 11.4. The lowest BCUT2D eigenvalue weighted by Gasteiger charge is -2.58. The first-order chi connectivity index (χ1) is 21.8. The Labute approximate surface area is 276 Å². The van der Waals surface area contributed by atoms with Crippen molar-refractivity contribution < 1.29 is 19.5 Å². The lowest BCUT2D eigenvalue weighted by molar-refractivity contribution is -0.128. The Kier molecular flexibility index (Phi) is 7.98. The van der Waals surface area contributed by atoms with Crippen molar-refractivity contribution in [3.63, 3.8) is 0 Å².